The van der Waals surface area contributed by atoms with E-state index in [-0.39, 0.29) is 18.6 Å². The number of nitrogens with zero attached hydrogens (tertiary/aromatic N) is 2. The first-order chi connectivity index (χ1) is 9.56. The molecule has 1 heterocycles. The Kier molecular flexibility index (Phi) is 4.57. The van der Waals surface area contributed by atoms with Gasteiger partial charge in [-0.3, -0.25) is 4.79 Å². The molecule has 0 bridgehead atoms. The van der Waals surface area contributed by atoms with E-state index < -0.39 is 0 Å². The zero-order valence-electron chi connectivity index (χ0n) is 11.5. The highest BCUT2D eigenvalue weighted by Gasteiger charge is 2.21. The second-order valence-electron chi connectivity index (χ2n) is 4.82. The van der Waals surface area contributed by atoms with Crippen LogP contribution in [0.3, 0.4) is 0 Å². The molecule has 0 unspecified atom stereocenters. The number of aliphatic hydroxyl groups is 1. The summed E-state index contributed by atoms with van der Waals surface area (Å²) in [5.74, 6) is -0.144. The van der Waals surface area contributed by atoms with Gasteiger partial charge in [0.2, 0.25) is 0 Å². The largest absolute Gasteiger partial charge is 0.395 e. The fraction of sp³-hybridized carbons (Fsp3) is 0.333. The molecule has 106 valence electrons. The molecule has 0 saturated carbocycles. The van der Waals surface area contributed by atoms with Gasteiger partial charge in [-0.2, -0.15) is 0 Å². The summed E-state index contributed by atoms with van der Waals surface area (Å²) >= 11 is 6.06. The van der Waals surface area contributed by atoms with Crippen LogP contribution in [0.25, 0.3) is 10.8 Å². The second-order valence-corrected chi connectivity index (χ2v) is 5.18. The Hall–Kier alpha value is -1.65. The summed E-state index contributed by atoms with van der Waals surface area (Å²) in [6.07, 6.45) is 1.50. The molecule has 5 heteroatoms. The average Bonchev–Trinajstić information content (AvgIpc) is 2.44. The molecule has 0 fully saturated rings. The van der Waals surface area contributed by atoms with Gasteiger partial charge in [0, 0.05) is 24.2 Å². The lowest BCUT2D eigenvalue weighted by Crippen LogP contribution is -2.39. The molecular formula is C15H17ClN2O2. The van der Waals surface area contributed by atoms with Crippen LogP contribution in [0.15, 0.2) is 30.5 Å². The smallest absolute Gasteiger partial charge is 0.256 e. The molecule has 0 aliphatic rings. The summed E-state index contributed by atoms with van der Waals surface area (Å²) < 4.78 is 0. The Labute approximate surface area is 123 Å². The number of carbonyl (C=O) groups excluding carboxylic acids is 1. The van der Waals surface area contributed by atoms with Gasteiger partial charge in [0.15, 0.2) is 0 Å². The van der Waals surface area contributed by atoms with Crippen LogP contribution >= 0.6 is 11.6 Å². The van der Waals surface area contributed by atoms with Gasteiger partial charge in [-0.1, -0.05) is 35.9 Å². The van der Waals surface area contributed by atoms with E-state index in [2.05, 4.69) is 4.98 Å². The summed E-state index contributed by atoms with van der Waals surface area (Å²) in [6.45, 7) is 4.06. The Bertz CT molecular complexity index is 628. The second kappa shape index (κ2) is 6.20. The standard InChI is InChI=1S/C15H17ClN2O2/c1-10(2)18(7-8-19)15(20)13-9-17-14(16)12-6-4-3-5-11(12)13/h3-6,9-10,19H,7-8H2,1-2H3. The maximum absolute atomic E-state index is 12.6. The van der Waals surface area contributed by atoms with Gasteiger partial charge >= 0.3 is 0 Å². The van der Waals surface area contributed by atoms with E-state index in [9.17, 15) is 4.79 Å². The molecular weight excluding hydrogens is 276 g/mol. The van der Waals surface area contributed by atoms with E-state index in [1.54, 1.807) is 4.90 Å². The van der Waals surface area contributed by atoms with Crippen molar-refractivity contribution in [2.45, 2.75) is 19.9 Å². The molecule has 1 aromatic carbocycles. The van der Waals surface area contributed by atoms with Gasteiger partial charge in [-0.15, -0.1) is 0 Å². The molecule has 0 spiro atoms. The van der Waals surface area contributed by atoms with Crippen molar-refractivity contribution in [3.63, 3.8) is 0 Å². The molecule has 0 radical (unpaired) electrons. The normalized spacial score (nSPS) is 11.1. The number of amides is 1. The minimum atomic E-state index is -0.144. The van der Waals surface area contributed by atoms with Crippen molar-refractivity contribution in [2.24, 2.45) is 0 Å². The highest BCUT2D eigenvalue weighted by Crippen LogP contribution is 2.25. The van der Waals surface area contributed by atoms with Crippen LogP contribution in [0.5, 0.6) is 0 Å². The molecule has 4 nitrogen and oxygen atoms in total. The quantitative estimate of drug-likeness (QED) is 0.882. The SMILES string of the molecule is CC(C)N(CCO)C(=O)c1cnc(Cl)c2ccccc12. The van der Waals surface area contributed by atoms with Crippen LogP contribution in [0.2, 0.25) is 5.15 Å². The van der Waals surface area contributed by atoms with Crippen molar-refractivity contribution in [3.8, 4) is 0 Å². The van der Waals surface area contributed by atoms with E-state index in [0.29, 0.717) is 17.3 Å². The lowest BCUT2D eigenvalue weighted by atomic mass is 10.1. The molecule has 2 aromatic rings. The molecule has 1 aromatic heterocycles. The number of fused-ring (bicyclic) bond motifs is 1. The topological polar surface area (TPSA) is 53.4 Å². The number of benzene rings is 1. The lowest BCUT2D eigenvalue weighted by molar-refractivity contribution is 0.0667. The summed E-state index contributed by atoms with van der Waals surface area (Å²) in [7, 11) is 0. The van der Waals surface area contributed by atoms with Gasteiger partial charge in [0.05, 0.1) is 12.2 Å². The third-order valence-corrected chi connectivity index (χ3v) is 3.50. The number of hydrogen-bond donors (Lipinski definition) is 1. The van der Waals surface area contributed by atoms with E-state index in [0.717, 1.165) is 10.8 Å². The number of hydrogen-bond acceptors (Lipinski definition) is 3. The van der Waals surface area contributed by atoms with Gasteiger partial charge in [-0.05, 0) is 19.2 Å². The van der Waals surface area contributed by atoms with Gasteiger partial charge in [0.25, 0.3) is 5.91 Å². The number of pyridine rings is 1. The first-order valence-corrected chi connectivity index (χ1v) is 6.89. The highest BCUT2D eigenvalue weighted by atomic mass is 35.5. The number of rotatable bonds is 4. The molecule has 20 heavy (non-hydrogen) atoms. The lowest BCUT2D eigenvalue weighted by Gasteiger charge is -2.26. The molecule has 0 aliphatic carbocycles. The molecule has 0 saturated heterocycles. The number of carbonyl (C=O) groups is 1. The maximum atomic E-state index is 12.6. The molecule has 2 rings (SSSR count). The summed E-state index contributed by atoms with van der Waals surface area (Å²) in [5.41, 5.74) is 0.507. The van der Waals surface area contributed by atoms with Crippen molar-refractivity contribution in [1.29, 1.82) is 0 Å². The zero-order valence-corrected chi connectivity index (χ0v) is 12.3. The van der Waals surface area contributed by atoms with Crippen molar-refractivity contribution in [1.82, 2.24) is 9.88 Å². The molecule has 1 N–H and O–H groups in total. The number of halogens is 1. The van der Waals surface area contributed by atoms with Crippen LogP contribution in [0.1, 0.15) is 24.2 Å². The fourth-order valence-electron chi connectivity index (χ4n) is 2.19. The van der Waals surface area contributed by atoms with Gasteiger partial charge in [0.1, 0.15) is 5.15 Å². The van der Waals surface area contributed by atoms with Crippen LogP contribution < -0.4 is 0 Å². The third kappa shape index (κ3) is 2.76. The van der Waals surface area contributed by atoms with Gasteiger partial charge < -0.3 is 10.0 Å². The van der Waals surface area contributed by atoms with E-state index in [4.69, 9.17) is 16.7 Å². The minimum absolute atomic E-state index is 0.00379. The molecule has 1 amide bonds. The zero-order chi connectivity index (χ0) is 14.7. The van der Waals surface area contributed by atoms with Crippen LogP contribution in [-0.2, 0) is 0 Å². The monoisotopic (exact) mass is 292 g/mol. The Balaban J connectivity index is 2.52. The van der Waals surface area contributed by atoms with E-state index >= 15 is 0 Å². The highest BCUT2D eigenvalue weighted by molar-refractivity contribution is 6.34. The summed E-state index contributed by atoms with van der Waals surface area (Å²) in [5, 5.41) is 11.0. The molecule has 0 atom stereocenters. The molecule has 0 aliphatic heterocycles. The Morgan fingerprint density at radius 1 is 1.35 bits per heavy atom. The maximum Gasteiger partial charge on any atom is 0.256 e. The Morgan fingerprint density at radius 3 is 2.60 bits per heavy atom. The minimum Gasteiger partial charge on any atom is -0.395 e. The summed E-state index contributed by atoms with van der Waals surface area (Å²) in [4.78, 5) is 18.3. The van der Waals surface area contributed by atoms with Crippen LogP contribution in [0.4, 0.5) is 0 Å². The Morgan fingerprint density at radius 2 is 2.00 bits per heavy atom. The third-order valence-electron chi connectivity index (χ3n) is 3.20. The van der Waals surface area contributed by atoms with Crippen molar-refractivity contribution in [3.05, 3.63) is 41.2 Å². The van der Waals surface area contributed by atoms with Crippen LogP contribution in [0, 0.1) is 0 Å². The predicted molar refractivity (Wildman–Crippen MR) is 80.0 cm³/mol. The average molecular weight is 293 g/mol. The first-order valence-electron chi connectivity index (χ1n) is 6.51. The van der Waals surface area contributed by atoms with E-state index in [1.807, 2.05) is 38.1 Å². The van der Waals surface area contributed by atoms with E-state index in [1.165, 1.54) is 6.20 Å². The predicted octanol–water partition coefficient (Wildman–Crippen LogP) is 2.73. The van der Waals surface area contributed by atoms with Crippen molar-refractivity contribution in [2.75, 3.05) is 13.2 Å². The fourth-order valence-corrected chi connectivity index (χ4v) is 2.40. The van der Waals surface area contributed by atoms with Crippen molar-refractivity contribution < 1.29 is 9.90 Å². The van der Waals surface area contributed by atoms with Gasteiger partial charge in [-0.25, -0.2) is 4.98 Å². The first kappa shape index (κ1) is 14.8. The van der Waals surface area contributed by atoms with Crippen LogP contribution in [-0.4, -0.2) is 40.1 Å². The van der Waals surface area contributed by atoms with Crippen molar-refractivity contribution >= 4 is 28.3 Å². The number of aromatic nitrogens is 1. The summed E-state index contributed by atoms with van der Waals surface area (Å²) in [6, 6.07) is 7.42. The number of aliphatic hydroxyl groups excluding tert-OH is 1.